The summed E-state index contributed by atoms with van der Waals surface area (Å²) < 4.78 is 10.6. The number of esters is 1. The van der Waals surface area contributed by atoms with Crippen molar-refractivity contribution in [3.05, 3.63) is 83.4 Å². The van der Waals surface area contributed by atoms with Gasteiger partial charge in [-0.25, -0.2) is 9.64 Å². The van der Waals surface area contributed by atoms with E-state index in [9.17, 15) is 9.59 Å². The van der Waals surface area contributed by atoms with Gasteiger partial charge in [-0.2, -0.15) is 0 Å². The molecule has 0 atom stereocenters. The van der Waals surface area contributed by atoms with Gasteiger partial charge in [-0.3, -0.25) is 9.69 Å². The lowest BCUT2D eigenvalue weighted by Crippen LogP contribution is -2.34. The average molecular weight is 404 g/mol. The molecule has 6 heteroatoms. The molecule has 0 aliphatic rings. The van der Waals surface area contributed by atoms with Gasteiger partial charge in [0.05, 0.1) is 6.57 Å². The van der Waals surface area contributed by atoms with Crippen molar-refractivity contribution in [1.82, 2.24) is 0 Å². The lowest BCUT2D eigenvalue weighted by Gasteiger charge is -2.24. The van der Waals surface area contributed by atoms with Gasteiger partial charge in [0.15, 0.2) is 0 Å². The summed E-state index contributed by atoms with van der Waals surface area (Å²) in [7, 11) is 1.61. The summed E-state index contributed by atoms with van der Waals surface area (Å²) in [5.41, 5.74) is 1.39. The molecule has 154 valence electrons. The van der Waals surface area contributed by atoms with E-state index in [4.69, 9.17) is 16.0 Å². The molecule has 0 unspecified atom stereocenters. The molecule has 0 saturated heterocycles. The Hall–Kier alpha value is -3.85. The second-order valence-corrected chi connectivity index (χ2v) is 7.43. The standard InChI is InChI=1S/C24H24N2O4/c1-7-17-10-14-20(15-11-17)29-22(27)21(25-5)16-18-8-12-19(13-9-18)26(6)23(28)30-24(2,3)4/h7-16H,1H2,2-4,6H3. The first-order valence-corrected chi connectivity index (χ1v) is 9.23. The molecule has 0 aliphatic heterocycles. The Labute approximate surface area is 176 Å². The van der Waals surface area contributed by atoms with E-state index in [0.717, 1.165) is 5.56 Å². The summed E-state index contributed by atoms with van der Waals surface area (Å²) >= 11 is 0. The van der Waals surface area contributed by atoms with Gasteiger partial charge in [-0.05, 0) is 62.2 Å². The number of ether oxygens (including phenoxy) is 2. The second kappa shape index (κ2) is 9.57. The fraction of sp³-hybridized carbons (Fsp3) is 0.208. The van der Waals surface area contributed by atoms with Crippen molar-refractivity contribution >= 4 is 29.9 Å². The van der Waals surface area contributed by atoms with Crippen LogP contribution in [-0.4, -0.2) is 24.7 Å². The smallest absolute Gasteiger partial charge is 0.414 e. The number of carbonyl (C=O) groups excluding carboxylic acids is 2. The molecule has 0 radical (unpaired) electrons. The highest BCUT2D eigenvalue weighted by molar-refractivity contribution is 5.97. The van der Waals surface area contributed by atoms with E-state index < -0.39 is 17.7 Å². The van der Waals surface area contributed by atoms with Crippen molar-refractivity contribution in [2.24, 2.45) is 0 Å². The number of rotatable bonds is 5. The molecule has 0 spiro atoms. The molecule has 0 heterocycles. The number of benzene rings is 2. The lowest BCUT2D eigenvalue weighted by molar-refractivity contribution is -0.129. The van der Waals surface area contributed by atoms with Gasteiger partial charge in [0.2, 0.25) is 0 Å². The molecule has 30 heavy (non-hydrogen) atoms. The second-order valence-electron chi connectivity index (χ2n) is 7.43. The van der Waals surface area contributed by atoms with Crippen LogP contribution in [0.3, 0.4) is 0 Å². The molecule has 0 aromatic heterocycles. The Morgan fingerprint density at radius 1 is 1.03 bits per heavy atom. The fourth-order valence-electron chi connectivity index (χ4n) is 2.36. The van der Waals surface area contributed by atoms with Crippen LogP contribution in [0.1, 0.15) is 31.9 Å². The maximum atomic E-state index is 12.3. The van der Waals surface area contributed by atoms with Crippen LogP contribution in [0, 0.1) is 6.57 Å². The summed E-state index contributed by atoms with van der Waals surface area (Å²) in [6.45, 7) is 16.4. The van der Waals surface area contributed by atoms with Crippen molar-refractivity contribution in [3.63, 3.8) is 0 Å². The molecule has 0 bridgehead atoms. The van der Waals surface area contributed by atoms with Gasteiger partial charge in [-0.1, -0.05) is 36.9 Å². The van der Waals surface area contributed by atoms with Crippen LogP contribution >= 0.6 is 0 Å². The SMILES string of the molecule is [C-]#[N+]C(=Cc1ccc(N(C)C(=O)OC(C)(C)C)cc1)C(=O)Oc1ccc(C=C)cc1. The lowest BCUT2D eigenvalue weighted by atomic mass is 10.1. The minimum Gasteiger partial charge on any atom is -0.443 e. The highest BCUT2D eigenvalue weighted by atomic mass is 16.6. The zero-order chi connectivity index (χ0) is 22.3. The van der Waals surface area contributed by atoms with Gasteiger partial charge in [0.1, 0.15) is 11.4 Å². The molecule has 0 N–H and O–H groups in total. The van der Waals surface area contributed by atoms with Crippen LogP contribution in [0.25, 0.3) is 17.0 Å². The van der Waals surface area contributed by atoms with Gasteiger partial charge in [-0.15, -0.1) is 0 Å². The Bertz CT molecular complexity index is 991. The minimum absolute atomic E-state index is 0.156. The van der Waals surface area contributed by atoms with Crippen LogP contribution in [0.15, 0.2) is 60.8 Å². The van der Waals surface area contributed by atoms with Gasteiger partial charge < -0.3 is 9.47 Å². The third kappa shape index (κ3) is 6.35. The van der Waals surface area contributed by atoms with Crippen molar-refractivity contribution < 1.29 is 19.1 Å². The normalized spacial score (nSPS) is 11.2. The largest absolute Gasteiger partial charge is 0.443 e. The van der Waals surface area contributed by atoms with E-state index in [-0.39, 0.29) is 5.70 Å². The molecule has 2 rings (SSSR count). The molecule has 2 aromatic rings. The Balaban J connectivity index is 2.11. The Morgan fingerprint density at radius 3 is 2.10 bits per heavy atom. The summed E-state index contributed by atoms with van der Waals surface area (Å²) in [5.74, 6) is -0.402. The van der Waals surface area contributed by atoms with Crippen LogP contribution < -0.4 is 9.64 Å². The van der Waals surface area contributed by atoms with Crippen LogP contribution in [0.5, 0.6) is 5.75 Å². The maximum Gasteiger partial charge on any atom is 0.414 e. The number of hydrogen-bond donors (Lipinski definition) is 0. The Kier molecular flexibility index (Phi) is 7.16. The van der Waals surface area contributed by atoms with Crippen molar-refractivity contribution in [2.45, 2.75) is 26.4 Å². The fourth-order valence-corrected chi connectivity index (χ4v) is 2.36. The van der Waals surface area contributed by atoms with Crippen molar-refractivity contribution in [3.8, 4) is 5.75 Å². The van der Waals surface area contributed by atoms with Gasteiger partial charge >= 0.3 is 12.1 Å². The van der Waals surface area contributed by atoms with Crippen LogP contribution in [0.4, 0.5) is 10.5 Å². The first-order chi connectivity index (χ1) is 14.1. The first-order valence-electron chi connectivity index (χ1n) is 9.23. The van der Waals surface area contributed by atoms with Crippen LogP contribution in [-0.2, 0) is 9.53 Å². The van der Waals surface area contributed by atoms with E-state index in [1.54, 1.807) is 82.4 Å². The van der Waals surface area contributed by atoms with Gasteiger partial charge in [0.25, 0.3) is 5.70 Å². The summed E-state index contributed by atoms with van der Waals surface area (Å²) in [5, 5.41) is 0. The molecule has 6 nitrogen and oxygen atoms in total. The highest BCUT2D eigenvalue weighted by Gasteiger charge is 2.20. The number of anilines is 1. The molecular formula is C24H24N2O4. The molecule has 0 aliphatic carbocycles. The molecule has 1 amide bonds. The monoisotopic (exact) mass is 404 g/mol. The van der Waals surface area contributed by atoms with E-state index in [1.165, 1.54) is 11.0 Å². The number of carbonyl (C=O) groups is 2. The molecular weight excluding hydrogens is 380 g/mol. The summed E-state index contributed by atoms with van der Waals surface area (Å²) in [4.78, 5) is 29.1. The van der Waals surface area contributed by atoms with Crippen molar-refractivity contribution in [2.75, 3.05) is 11.9 Å². The maximum absolute atomic E-state index is 12.3. The van der Waals surface area contributed by atoms with Gasteiger partial charge in [0, 0.05) is 12.7 Å². The van der Waals surface area contributed by atoms with Crippen LogP contribution in [0.2, 0.25) is 0 Å². The first kappa shape index (κ1) is 22.4. The summed E-state index contributed by atoms with van der Waals surface area (Å²) in [6.07, 6.45) is 2.64. The topological polar surface area (TPSA) is 60.2 Å². The quantitative estimate of drug-likeness (QED) is 0.283. The number of hydrogen-bond acceptors (Lipinski definition) is 4. The zero-order valence-electron chi connectivity index (χ0n) is 17.5. The summed E-state index contributed by atoms with van der Waals surface area (Å²) in [6, 6.07) is 13.6. The zero-order valence-corrected chi connectivity index (χ0v) is 17.5. The molecule has 2 aromatic carbocycles. The predicted octanol–water partition coefficient (Wildman–Crippen LogP) is 5.57. The van der Waals surface area contributed by atoms with E-state index in [2.05, 4.69) is 11.4 Å². The minimum atomic E-state index is -0.744. The number of nitrogens with zero attached hydrogens (tertiary/aromatic N) is 2. The van der Waals surface area contributed by atoms with Crippen molar-refractivity contribution in [1.29, 1.82) is 0 Å². The third-order valence-electron chi connectivity index (χ3n) is 3.91. The third-order valence-corrected chi connectivity index (χ3v) is 3.91. The van der Waals surface area contributed by atoms with E-state index in [0.29, 0.717) is 17.0 Å². The van der Waals surface area contributed by atoms with E-state index >= 15 is 0 Å². The Morgan fingerprint density at radius 2 is 1.60 bits per heavy atom. The number of amides is 1. The molecule has 0 fully saturated rings. The highest BCUT2D eigenvalue weighted by Crippen LogP contribution is 2.20. The van der Waals surface area contributed by atoms with E-state index in [1.807, 2.05) is 0 Å². The predicted molar refractivity (Wildman–Crippen MR) is 118 cm³/mol. The molecule has 0 saturated carbocycles. The average Bonchev–Trinajstić information content (AvgIpc) is 2.71.